The van der Waals surface area contributed by atoms with Crippen molar-refractivity contribution in [3.8, 4) is 5.69 Å². The Morgan fingerprint density at radius 2 is 1.89 bits per heavy atom. The molecule has 142 valence electrons. The molecule has 3 rings (SSSR count). The van der Waals surface area contributed by atoms with E-state index in [1.165, 1.54) is 19.6 Å². The molecule has 1 atom stereocenters. The van der Waals surface area contributed by atoms with Crippen molar-refractivity contribution in [3.63, 3.8) is 0 Å². The zero-order chi connectivity index (χ0) is 19.2. The van der Waals surface area contributed by atoms with Crippen LogP contribution >= 0.6 is 0 Å². The molecule has 1 aliphatic rings. The molecular formula is C18H21N5O4. The standard InChI is InChI=1S/C18H21N5O4/c1-12(16(24)22-18(26)21-14-4-2-3-5-14)27-17(25)13-6-8-15(9-7-13)23-11-19-10-20-23/h6-12,14H,2-5H2,1H3,(H2,21,22,24,26)/t12-/m1/s1. The van der Waals surface area contributed by atoms with Gasteiger partial charge in [0.1, 0.15) is 12.7 Å². The monoisotopic (exact) mass is 371 g/mol. The van der Waals surface area contributed by atoms with Gasteiger partial charge in [0.05, 0.1) is 11.3 Å². The van der Waals surface area contributed by atoms with Gasteiger partial charge in [-0.2, -0.15) is 5.10 Å². The lowest BCUT2D eigenvalue weighted by atomic mass is 10.2. The minimum absolute atomic E-state index is 0.0964. The first-order valence-electron chi connectivity index (χ1n) is 8.80. The lowest BCUT2D eigenvalue weighted by Crippen LogP contribution is -2.47. The predicted molar refractivity (Wildman–Crippen MR) is 95.2 cm³/mol. The summed E-state index contributed by atoms with van der Waals surface area (Å²) >= 11 is 0. The van der Waals surface area contributed by atoms with Crippen molar-refractivity contribution in [1.29, 1.82) is 0 Å². The van der Waals surface area contributed by atoms with Crippen molar-refractivity contribution in [2.24, 2.45) is 0 Å². The van der Waals surface area contributed by atoms with Crippen LogP contribution in [0.25, 0.3) is 5.69 Å². The van der Waals surface area contributed by atoms with Crippen LogP contribution in [0.3, 0.4) is 0 Å². The molecule has 0 saturated heterocycles. The van der Waals surface area contributed by atoms with Gasteiger partial charge in [-0.25, -0.2) is 19.3 Å². The van der Waals surface area contributed by atoms with E-state index in [9.17, 15) is 14.4 Å². The summed E-state index contributed by atoms with van der Waals surface area (Å²) in [5.74, 6) is -1.32. The Labute approximate surface area is 156 Å². The molecule has 9 nitrogen and oxygen atoms in total. The van der Waals surface area contributed by atoms with E-state index >= 15 is 0 Å². The topological polar surface area (TPSA) is 115 Å². The van der Waals surface area contributed by atoms with Crippen molar-refractivity contribution in [3.05, 3.63) is 42.5 Å². The van der Waals surface area contributed by atoms with Gasteiger partial charge < -0.3 is 10.1 Å². The fourth-order valence-corrected chi connectivity index (χ4v) is 2.88. The first-order valence-corrected chi connectivity index (χ1v) is 8.80. The SMILES string of the molecule is C[C@@H](OC(=O)c1ccc(-n2cncn2)cc1)C(=O)NC(=O)NC1CCCC1. The van der Waals surface area contributed by atoms with Crippen molar-refractivity contribution in [2.75, 3.05) is 0 Å². The summed E-state index contributed by atoms with van der Waals surface area (Å²) in [7, 11) is 0. The highest BCUT2D eigenvalue weighted by Gasteiger charge is 2.23. The molecule has 2 aromatic rings. The van der Waals surface area contributed by atoms with E-state index in [0.717, 1.165) is 31.4 Å². The molecule has 0 bridgehead atoms. The summed E-state index contributed by atoms with van der Waals surface area (Å²) in [6.07, 6.45) is 5.82. The summed E-state index contributed by atoms with van der Waals surface area (Å²) in [6, 6.07) is 6.04. The maximum atomic E-state index is 12.2. The zero-order valence-electron chi connectivity index (χ0n) is 14.9. The van der Waals surface area contributed by atoms with Crippen molar-refractivity contribution < 1.29 is 19.1 Å². The predicted octanol–water partition coefficient (Wildman–Crippen LogP) is 1.58. The molecule has 1 aromatic carbocycles. The largest absolute Gasteiger partial charge is 0.449 e. The number of carbonyl (C=O) groups excluding carboxylic acids is 3. The van der Waals surface area contributed by atoms with E-state index in [4.69, 9.17) is 4.74 Å². The number of hydrogen-bond acceptors (Lipinski definition) is 6. The minimum atomic E-state index is -1.10. The maximum absolute atomic E-state index is 12.2. The van der Waals surface area contributed by atoms with Crippen LogP contribution in [0.4, 0.5) is 4.79 Å². The number of carbonyl (C=O) groups is 3. The summed E-state index contributed by atoms with van der Waals surface area (Å²) in [5, 5.41) is 8.95. The smallest absolute Gasteiger partial charge is 0.338 e. The van der Waals surface area contributed by atoms with Crippen LogP contribution in [-0.4, -0.2) is 44.8 Å². The van der Waals surface area contributed by atoms with Crippen LogP contribution in [-0.2, 0) is 9.53 Å². The molecule has 27 heavy (non-hydrogen) atoms. The Balaban J connectivity index is 1.50. The summed E-state index contributed by atoms with van der Waals surface area (Å²) in [5.41, 5.74) is 1.02. The summed E-state index contributed by atoms with van der Waals surface area (Å²) < 4.78 is 6.68. The molecule has 9 heteroatoms. The van der Waals surface area contributed by atoms with Crippen LogP contribution in [0.2, 0.25) is 0 Å². The molecule has 1 heterocycles. The molecule has 1 fully saturated rings. The fourth-order valence-electron chi connectivity index (χ4n) is 2.88. The molecule has 3 amide bonds. The molecule has 0 aliphatic heterocycles. The Morgan fingerprint density at radius 3 is 2.52 bits per heavy atom. The van der Waals surface area contributed by atoms with Gasteiger partial charge in [0, 0.05) is 6.04 Å². The first kappa shape index (κ1) is 18.6. The molecule has 1 aliphatic carbocycles. The van der Waals surface area contributed by atoms with E-state index in [-0.39, 0.29) is 11.6 Å². The average Bonchev–Trinajstić information content (AvgIpc) is 3.35. The number of imide groups is 1. The Hall–Kier alpha value is -3.23. The Bertz CT molecular complexity index is 798. The highest BCUT2D eigenvalue weighted by atomic mass is 16.5. The molecule has 1 saturated carbocycles. The normalized spacial score (nSPS) is 15.1. The highest BCUT2D eigenvalue weighted by molar-refractivity contribution is 5.98. The number of urea groups is 1. The Morgan fingerprint density at radius 1 is 1.19 bits per heavy atom. The number of rotatable bonds is 5. The van der Waals surface area contributed by atoms with E-state index in [2.05, 4.69) is 20.7 Å². The number of hydrogen-bond donors (Lipinski definition) is 2. The van der Waals surface area contributed by atoms with Crippen LogP contribution in [0.1, 0.15) is 43.0 Å². The quantitative estimate of drug-likeness (QED) is 0.771. The zero-order valence-corrected chi connectivity index (χ0v) is 14.9. The third-order valence-electron chi connectivity index (χ3n) is 4.37. The number of benzene rings is 1. The summed E-state index contributed by atoms with van der Waals surface area (Å²) in [4.78, 5) is 39.9. The van der Waals surface area contributed by atoms with Crippen LogP contribution in [0.5, 0.6) is 0 Å². The second kappa shape index (κ2) is 8.43. The second-order valence-corrected chi connectivity index (χ2v) is 6.38. The molecule has 2 N–H and O–H groups in total. The third-order valence-corrected chi connectivity index (χ3v) is 4.37. The average molecular weight is 371 g/mol. The van der Waals surface area contributed by atoms with Crippen LogP contribution in [0, 0.1) is 0 Å². The molecule has 1 aromatic heterocycles. The molecular weight excluding hydrogens is 350 g/mol. The van der Waals surface area contributed by atoms with Gasteiger partial charge in [-0.1, -0.05) is 12.8 Å². The van der Waals surface area contributed by atoms with E-state index in [1.54, 1.807) is 28.9 Å². The van der Waals surface area contributed by atoms with Crippen LogP contribution in [0.15, 0.2) is 36.9 Å². The third kappa shape index (κ3) is 4.90. The Kier molecular flexibility index (Phi) is 5.80. The van der Waals surface area contributed by atoms with E-state index in [0.29, 0.717) is 0 Å². The van der Waals surface area contributed by atoms with E-state index in [1.807, 2.05) is 0 Å². The number of nitrogens with one attached hydrogen (secondary N) is 2. The van der Waals surface area contributed by atoms with Crippen LogP contribution < -0.4 is 10.6 Å². The fraction of sp³-hybridized carbons (Fsp3) is 0.389. The molecule has 0 unspecified atom stereocenters. The summed E-state index contributed by atoms with van der Waals surface area (Å²) in [6.45, 7) is 1.42. The number of esters is 1. The van der Waals surface area contributed by atoms with Gasteiger partial charge in [0.2, 0.25) is 0 Å². The van der Waals surface area contributed by atoms with Gasteiger partial charge in [0.25, 0.3) is 5.91 Å². The number of ether oxygens (including phenoxy) is 1. The van der Waals surface area contributed by atoms with Gasteiger partial charge in [0.15, 0.2) is 6.10 Å². The van der Waals surface area contributed by atoms with Gasteiger partial charge >= 0.3 is 12.0 Å². The number of amides is 3. The number of aromatic nitrogens is 3. The van der Waals surface area contributed by atoms with Crippen molar-refractivity contribution in [1.82, 2.24) is 25.4 Å². The maximum Gasteiger partial charge on any atom is 0.338 e. The molecule has 0 radical (unpaired) electrons. The lowest BCUT2D eigenvalue weighted by Gasteiger charge is -2.15. The minimum Gasteiger partial charge on any atom is -0.449 e. The van der Waals surface area contributed by atoms with Crippen molar-refractivity contribution >= 4 is 17.9 Å². The molecule has 0 spiro atoms. The second-order valence-electron chi connectivity index (χ2n) is 6.38. The van der Waals surface area contributed by atoms with Gasteiger partial charge in [-0.3, -0.25) is 10.1 Å². The van der Waals surface area contributed by atoms with E-state index < -0.39 is 24.0 Å². The van der Waals surface area contributed by atoms with Gasteiger partial charge in [-0.15, -0.1) is 0 Å². The highest BCUT2D eigenvalue weighted by Crippen LogP contribution is 2.17. The van der Waals surface area contributed by atoms with Gasteiger partial charge in [-0.05, 0) is 44.0 Å². The number of nitrogens with zero attached hydrogens (tertiary/aromatic N) is 3. The lowest BCUT2D eigenvalue weighted by molar-refractivity contribution is -0.127. The first-order chi connectivity index (χ1) is 13.0. The van der Waals surface area contributed by atoms with Crippen molar-refractivity contribution in [2.45, 2.75) is 44.8 Å².